The second kappa shape index (κ2) is 6.77. The van der Waals surface area contributed by atoms with Crippen molar-refractivity contribution in [1.29, 1.82) is 0 Å². The molecule has 1 aromatic heterocycles. The Morgan fingerprint density at radius 2 is 1.75 bits per heavy atom. The van der Waals surface area contributed by atoms with Crippen molar-refractivity contribution in [2.24, 2.45) is 0 Å². The van der Waals surface area contributed by atoms with Gasteiger partial charge in [-0.2, -0.15) is 0 Å². The van der Waals surface area contributed by atoms with Gasteiger partial charge in [0.1, 0.15) is 5.00 Å². The Morgan fingerprint density at radius 1 is 1.04 bits per heavy atom. The van der Waals surface area contributed by atoms with Crippen LogP contribution in [0, 0.1) is 13.8 Å². The van der Waals surface area contributed by atoms with Crippen molar-refractivity contribution in [2.75, 3.05) is 12.4 Å². The van der Waals surface area contributed by atoms with Gasteiger partial charge in [0.25, 0.3) is 11.8 Å². The summed E-state index contributed by atoms with van der Waals surface area (Å²) in [5, 5.41) is 6.19. The average molecular weight is 342 g/mol. The number of hydrogen-bond acceptors (Lipinski definition) is 3. The third-order valence-corrected chi connectivity index (χ3v) is 5.80. The van der Waals surface area contributed by atoms with Crippen molar-refractivity contribution >= 4 is 28.2 Å². The average Bonchev–Trinajstić information content (AvgIpc) is 2.87. The van der Waals surface area contributed by atoms with Crippen LogP contribution in [0.5, 0.6) is 0 Å². The van der Waals surface area contributed by atoms with Gasteiger partial charge < -0.3 is 10.6 Å². The molecule has 4 nitrogen and oxygen atoms in total. The fraction of sp³-hybridized carbons (Fsp3) is 0.368. The van der Waals surface area contributed by atoms with E-state index in [-0.39, 0.29) is 11.8 Å². The summed E-state index contributed by atoms with van der Waals surface area (Å²) in [4.78, 5) is 25.8. The lowest BCUT2D eigenvalue weighted by Gasteiger charge is -2.16. The molecule has 0 aliphatic heterocycles. The van der Waals surface area contributed by atoms with Gasteiger partial charge in [0, 0.05) is 17.5 Å². The number of rotatable bonds is 3. The van der Waals surface area contributed by atoms with Crippen LogP contribution in [-0.4, -0.2) is 18.9 Å². The van der Waals surface area contributed by atoms with Gasteiger partial charge in [-0.25, -0.2) is 0 Å². The third kappa shape index (κ3) is 3.08. The Kier molecular flexibility index (Phi) is 4.71. The van der Waals surface area contributed by atoms with Crippen LogP contribution in [0.25, 0.3) is 0 Å². The van der Waals surface area contributed by atoms with E-state index in [1.165, 1.54) is 35.3 Å². The van der Waals surface area contributed by atoms with Crippen LogP contribution in [0.1, 0.15) is 55.1 Å². The molecule has 0 fully saturated rings. The summed E-state index contributed by atoms with van der Waals surface area (Å²) in [5.74, 6) is -0.327. The van der Waals surface area contributed by atoms with Crippen molar-refractivity contribution in [3.8, 4) is 0 Å². The fourth-order valence-corrected chi connectivity index (χ4v) is 4.22. The molecule has 0 radical (unpaired) electrons. The first-order chi connectivity index (χ1) is 11.5. The molecule has 0 saturated heterocycles. The van der Waals surface area contributed by atoms with Crippen LogP contribution in [-0.2, 0) is 12.8 Å². The summed E-state index contributed by atoms with van der Waals surface area (Å²) in [6.45, 7) is 3.87. The zero-order chi connectivity index (χ0) is 17.3. The fourth-order valence-electron chi connectivity index (χ4n) is 3.16. The topological polar surface area (TPSA) is 58.2 Å². The lowest BCUT2D eigenvalue weighted by molar-refractivity contribution is 0.0963. The van der Waals surface area contributed by atoms with Gasteiger partial charge in [-0.15, -0.1) is 11.3 Å². The molecular weight excluding hydrogens is 320 g/mol. The van der Waals surface area contributed by atoms with Crippen LogP contribution in [0.3, 0.4) is 0 Å². The van der Waals surface area contributed by atoms with Gasteiger partial charge in [-0.05, 0) is 68.4 Å². The van der Waals surface area contributed by atoms with Crippen LogP contribution < -0.4 is 10.6 Å². The van der Waals surface area contributed by atoms with Crippen molar-refractivity contribution < 1.29 is 9.59 Å². The minimum Gasteiger partial charge on any atom is -0.355 e. The highest BCUT2D eigenvalue weighted by atomic mass is 32.1. The molecule has 5 heteroatoms. The number of aryl methyl sites for hydroxylation is 3. The summed E-state index contributed by atoms with van der Waals surface area (Å²) in [6, 6.07) is 5.94. The number of nitrogens with one attached hydrogen (secondary N) is 2. The highest BCUT2D eigenvalue weighted by molar-refractivity contribution is 7.16. The van der Waals surface area contributed by atoms with E-state index < -0.39 is 0 Å². The Balaban J connectivity index is 1.88. The molecular formula is C19H22N2O2S. The van der Waals surface area contributed by atoms with Crippen molar-refractivity contribution in [2.45, 2.75) is 39.5 Å². The normalized spacial score (nSPS) is 13.3. The highest BCUT2D eigenvalue weighted by Crippen LogP contribution is 2.33. The van der Waals surface area contributed by atoms with Gasteiger partial charge in [-0.3, -0.25) is 9.59 Å². The number of thiophene rings is 1. The maximum absolute atomic E-state index is 12.6. The first-order valence-corrected chi connectivity index (χ1v) is 9.08. The molecule has 0 saturated carbocycles. The Bertz CT molecular complexity index is 808. The van der Waals surface area contributed by atoms with Gasteiger partial charge in [0.05, 0.1) is 5.56 Å². The summed E-state index contributed by atoms with van der Waals surface area (Å²) < 4.78 is 0. The molecule has 126 valence electrons. The Hall–Kier alpha value is -2.14. The molecule has 2 aromatic rings. The summed E-state index contributed by atoms with van der Waals surface area (Å²) >= 11 is 1.44. The molecule has 1 heterocycles. The van der Waals surface area contributed by atoms with Gasteiger partial charge in [-0.1, -0.05) is 6.07 Å². The molecule has 0 unspecified atom stereocenters. The summed E-state index contributed by atoms with van der Waals surface area (Å²) in [5.41, 5.74) is 4.76. The molecule has 24 heavy (non-hydrogen) atoms. The number of hydrogen-bond donors (Lipinski definition) is 2. The van der Waals surface area contributed by atoms with E-state index in [4.69, 9.17) is 0 Å². The lowest BCUT2D eigenvalue weighted by atomic mass is 9.90. The first-order valence-electron chi connectivity index (χ1n) is 8.26. The zero-order valence-electron chi connectivity index (χ0n) is 14.3. The van der Waals surface area contributed by atoms with Crippen molar-refractivity contribution in [3.05, 3.63) is 50.9 Å². The van der Waals surface area contributed by atoms with E-state index in [2.05, 4.69) is 16.7 Å². The van der Waals surface area contributed by atoms with E-state index in [0.29, 0.717) is 16.1 Å². The third-order valence-electron chi connectivity index (χ3n) is 4.68. The number of benzene rings is 1. The summed E-state index contributed by atoms with van der Waals surface area (Å²) in [7, 11) is 1.60. The van der Waals surface area contributed by atoms with Gasteiger partial charge >= 0.3 is 0 Å². The highest BCUT2D eigenvalue weighted by Gasteiger charge is 2.21. The van der Waals surface area contributed by atoms with E-state index in [0.717, 1.165) is 23.3 Å². The standard InChI is InChI=1S/C19H22N2O2S/c1-11-12(2)24-19(16(11)18(23)20-3)21-17(22)15-9-8-13-6-4-5-7-14(13)10-15/h8-10H,4-7H2,1-3H3,(H,20,23)(H,21,22). The smallest absolute Gasteiger partial charge is 0.256 e. The summed E-state index contributed by atoms with van der Waals surface area (Å²) in [6.07, 6.45) is 4.54. The lowest BCUT2D eigenvalue weighted by Crippen LogP contribution is -2.21. The Morgan fingerprint density at radius 3 is 2.46 bits per heavy atom. The second-order valence-electron chi connectivity index (χ2n) is 6.21. The first kappa shape index (κ1) is 16.7. The quantitative estimate of drug-likeness (QED) is 0.890. The minimum atomic E-state index is -0.169. The van der Waals surface area contributed by atoms with E-state index >= 15 is 0 Å². The number of amides is 2. The number of carbonyl (C=O) groups excluding carboxylic acids is 2. The van der Waals surface area contributed by atoms with Gasteiger partial charge in [0.15, 0.2) is 0 Å². The van der Waals surface area contributed by atoms with Crippen molar-refractivity contribution in [3.63, 3.8) is 0 Å². The van der Waals surface area contributed by atoms with E-state index in [9.17, 15) is 9.59 Å². The van der Waals surface area contributed by atoms with Gasteiger partial charge in [0.2, 0.25) is 0 Å². The zero-order valence-corrected chi connectivity index (χ0v) is 15.1. The molecule has 1 aromatic carbocycles. The van der Waals surface area contributed by atoms with Crippen LogP contribution in [0.2, 0.25) is 0 Å². The van der Waals surface area contributed by atoms with E-state index in [1.54, 1.807) is 7.05 Å². The number of carbonyl (C=O) groups is 2. The molecule has 1 aliphatic rings. The predicted molar refractivity (Wildman–Crippen MR) is 98.2 cm³/mol. The van der Waals surface area contributed by atoms with Crippen LogP contribution in [0.4, 0.5) is 5.00 Å². The van der Waals surface area contributed by atoms with Crippen LogP contribution >= 0.6 is 11.3 Å². The van der Waals surface area contributed by atoms with Crippen LogP contribution in [0.15, 0.2) is 18.2 Å². The molecule has 3 rings (SSSR count). The van der Waals surface area contributed by atoms with Crippen molar-refractivity contribution in [1.82, 2.24) is 5.32 Å². The Labute approximate surface area is 146 Å². The monoisotopic (exact) mass is 342 g/mol. The number of fused-ring (bicyclic) bond motifs is 1. The minimum absolute atomic E-state index is 0.158. The SMILES string of the molecule is CNC(=O)c1c(NC(=O)c2ccc3c(c2)CCCC3)sc(C)c1C. The molecule has 0 atom stereocenters. The van der Waals surface area contributed by atoms with E-state index in [1.807, 2.05) is 26.0 Å². The maximum Gasteiger partial charge on any atom is 0.256 e. The second-order valence-corrected chi connectivity index (χ2v) is 7.44. The molecule has 1 aliphatic carbocycles. The molecule has 2 N–H and O–H groups in total. The largest absolute Gasteiger partial charge is 0.355 e. The number of anilines is 1. The predicted octanol–water partition coefficient (Wildman–Crippen LogP) is 3.86. The molecule has 0 bridgehead atoms. The maximum atomic E-state index is 12.6. The molecule has 2 amide bonds. The molecule has 0 spiro atoms.